The largest absolute Gasteiger partial charge is 0.184 e. The number of hydrogen-bond donors (Lipinski definition) is 0. The van der Waals surface area contributed by atoms with Gasteiger partial charge >= 0.3 is 0 Å². The van der Waals surface area contributed by atoms with Crippen LogP contribution in [0.4, 0.5) is 0 Å². The highest BCUT2D eigenvalue weighted by Crippen LogP contribution is 2.09. The molecule has 0 atom stereocenters. The maximum atomic E-state index is 4.44. The van der Waals surface area contributed by atoms with Crippen molar-refractivity contribution in [1.82, 2.24) is 30.0 Å². The van der Waals surface area contributed by atoms with Crippen molar-refractivity contribution in [2.24, 2.45) is 0 Å². The molecule has 104 valence electrons. The van der Waals surface area contributed by atoms with Gasteiger partial charge in [-0.25, -0.2) is 0 Å². The molecule has 0 aliphatic heterocycles. The molecule has 0 N–H and O–H groups in total. The van der Waals surface area contributed by atoms with Gasteiger partial charge in [0.15, 0.2) is 0 Å². The molecule has 0 aliphatic rings. The zero-order valence-corrected chi connectivity index (χ0v) is 11.4. The van der Waals surface area contributed by atoms with E-state index in [-0.39, 0.29) is 0 Å². The van der Waals surface area contributed by atoms with Gasteiger partial charge in [0, 0.05) is 0 Å². The van der Waals surface area contributed by atoms with E-state index in [4.69, 9.17) is 0 Å². The van der Waals surface area contributed by atoms with Gasteiger partial charge in [-0.3, -0.25) is 0 Å². The monoisotopic (exact) mass is 278 g/mol. The molecule has 0 bridgehead atoms. The van der Waals surface area contributed by atoms with Crippen molar-refractivity contribution in [3.05, 3.63) is 48.5 Å². The zero-order valence-electron chi connectivity index (χ0n) is 11.4. The Balaban J connectivity index is 1.44. The van der Waals surface area contributed by atoms with Crippen LogP contribution in [0.5, 0.6) is 0 Å². The Kier molecular flexibility index (Phi) is 2.85. The summed E-state index contributed by atoms with van der Waals surface area (Å²) in [6.07, 6.45) is 0.891. The van der Waals surface area contributed by atoms with Crippen LogP contribution in [0.2, 0.25) is 0 Å². The highest BCUT2D eigenvalue weighted by atomic mass is 15.5. The van der Waals surface area contributed by atoms with Crippen LogP contribution in [0.25, 0.3) is 22.1 Å². The summed E-state index contributed by atoms with van der Waals surface area (Å²) in [6, 6.07) is 15.8. The van der Waals surface area contributed by atoms with Crippen LogP contribution in [0, 0.1) is 0 Å². The highest BCUT2D eigenvalue weighted by molar-refractivity contribution is 5.73. The predicted molar refractivity (Wildman–Crippen MR) is 79.7 cm³/mol. The lowest BCUT2D eigenvalue weighted by Gasteiger charge is -1.99. The van der Waals surface area contributed by atoms with Crippen molar-refractivity contribution in [3.8, 4) is 0 Å². The number of aryl methyl sites for hydroxylation is 2. The molecule has 6 nitrogen and oxygen atoms in total. The van der Waals surface area contributed by atoms with Crippen LogP contribution in [0.15, 0.2) is 48.5 Å². The molecular weight excluding hydrogens is 264 g/mol. The molecule has 0 radical (unpaired) electrons. The molecule has 0 aliphatic carbocycles. The molecule has 4 aromatic rings. The minimum Gasteiger partial charge on any atom is -0.184 e. The number of hydrogen-bond acceptors (Lipinski definition) is 4. The minimum atomic E-state index is 0.757. The summed E-state index contributed by atoms with van der Waals surface area (Å²) in [6.45, 7) is 1.51. The summed E-state index contributed by atoms with van der Waals surface area (Å²) < 4.78 is 0. The zero-order chi connectivity index (χ0) is 14.1. The maximum absolute atomic E-state index is 4.44. The third-order valence-electron chi connectivity index (χ3n) is 3.37. The topological polar surface area (TPSA) is 61.4 Å². The highest BCUT2D eigenvalue weighted by Gasteiger charge is 2.03. The second-order valence-corrected chi connectivity index (χ2v) is 4.92. The van der Waals surface area contributed by atoms with E-state index >= 15 is 0 Å². The third kappa shape index (κ3) is 2.35. The Labute approximate surface area is 121 Å². The number of fused-ring (bicyclic) bond motifs is 2. The average molecular weight is 278 g/mol. The van der Waals surface area contributed by atoms with Gasteiger partial charge in [0.2, 0.25) is 0 Å². The summed E-state index contributed by atoms with van der Waals surface area (Å²) in [5.74, 6) is 0. The quantitative estimate of drug-likeness (QED) is 0.574. The van der Waals surface area contributed by atoms with Crippen LogP contribution in [0.3, 0.4) is 0 Å². The number of aromatic nitrogens is 6. The summed E-state index contributed by atoms with van der Waals surface area (Å²) in [4.78, 5) is 3.49. The van der Waals surface area contributed by atoms with Gasteiger partial charge in [-0.2, -0.15) is 30.0 Å². The summed E-state index contributed by atoms with van der Waals surface area (Å²) in [7, 11) is 0. The van der Waals surface area contributed by atoms with Gasteiger partial charge in [0.05, 0.1) is 13.1 Å². The lowest BCUT2D eigenvalue weighted by molar-refractivity contribution is 0.444. The lowest BCUT2D eigenvalue weighted by Crippen LogP contribution is -2.08. The molecule has 0 fully saturated rings. The van der Waals surface area contributed by atoms with Crippen LogP contribution in [-0.4, -0.2) is 30.0 Å². The van der Waals surface area contributed by atoms with E-state index in [2.05, 4.69) is 20.4 Å². The van der Waals surface area contributed by atoms with Crippen molar-refractivity contribution in [2.45, 2.75) is 19.5 Å². The van der Waals surface area contributed by atoms with Gasteiger partial charge < -0.3 is 0 Å². The fourth-order valence-corrected chi connectivity index (χ4v) is 2.36. The average Bonchev–Trinajstić information content (AvgIpc) is 3.09. The molecule has 0 amide bonds. The molecule has 0 saturated heterocycles. The third-order valence-corrected chi connectivity index (χ3v) is 3.37. The predicted octanol–water partition coefficient (Wildman–Crippen LogP) is 2.27. The molecule has 0 unspecified atom stereocenters. The van der Waals surface area contributed by atoms with E-state index in [9.17, 15) is 0 Å². The first-order valence-electron chi connectivity index (χ1n) is 6.98. The lowest BCUT2D eigenvalue weighted by atomic mass is 10.3. The van der Waals surface area contributed by atoms with Crippen molar-refractivity contribution in [1.29, 1.82) is 0 Å². The van der Waals surface area contributed by atoms with E-state index in [1.165, 1.54) is 0 Å². The van der Waals surface area contributed by atoms with Gasteiger partial charge in [-0.05, 0) is 30.7 Å². The Morgan fingerprint density at radius 1 is 0.571 bits per heavy atom. The molecule has 6 heteroatoms. The molecule has 4 rings (SSSR count). The Hall–Kier alpha value is -2.76. The Morgan fingerprint density at radius 2 is 0.905 bits per heavy atom. The first-order valence-corrected chi connectivity index (χ1v) is 6.98. The molecule has 2 aromatic heterocycles. The van der Waals surface area contributed by atoms with Crippen molar-refractivity contribution < 1.29 is 0 Å². The number of benzene rings is 2. The fraction of sp³-hybridized carbons (Fsp3) is 0.200. The normalized spacial score (nSPS) is 11.4. The molecule has 2 aromatic carbocycles. The van der Waals surface area contributed by atoms with E-state index < -0.39 is 0 Å². The molecule has 21 heavy (non-hydrogen) atoms. The maximum Gasteiger partial charge on any atom is 0.113 e. The number of rotatable bonds is 4. The van der Waals surface area contributed by atoms with E-state index in [0.717, 1.165) is 41.6 Å². The molecule has 2 heterocycles. The van der Waals surface area contributed by atoms with Crippen LogP contribution in [-0.2, 0) is 13.1 Å². The first-order chi connectivity index (χ1) is 10.4. The van der Waals surface area contributed by atoms with Crippen molar-refractivity contribution >= 4 is 22.1 Å². The fourth-order valence-electron chi connectivity index (χ4n) is 2.36. The molecular formula is C15H14N6. The number of nitrogens with zero attached hydrogens (tertiary/aromatic N) is 6. The summed E-state index contributed by atoms with van der Waals surface area (Å²) in [5.41, 5.74) is 3.72. The second-order valence-electron chi connectivity index (χ2n) is 4.92. The van der Waals surface area contributed by atoms with Gasteiger partial charge in [-0.15, -0.1) is 0 Å². The Morgan fingerprint density at radius 3 is 1.24 bits per heavy atom. The summed E-state index contributed by atoms with van der Waals surface area (Å²) in [5, 5.41) is 17.8. The van der Waals surface area contributed by atoms with Crippen LogP contribution >= 0.6 is 0 Å². The van der Waals surface area contributed by atoms with Crippen LogP contribution < -0.4 is 0 Å². The van der Waals surface area contributed by atoms with Crippen LogP contribution in [0.1, 0.15) is 6.42 Å². The molecule has 0 saturated carbocycles. The first kappa shape index (κ1) is 12.0. The summed E-state index contributed by atoms with van der Waals surface area (Å²) >= 11 is 0. The van der Waals surface area contributed by atoms with E-state index in [1.54, 1.807) is 9.59 Å². The smallest absolute Gasteiger partial charge is 0.113 e. The second kappa shape index (κ2) is 4.97. The minimum absolute atomic E-state index is 0.757. The van der Waals surface area contributed by atoms with Gasteiger partial charge in [-0.1, -0.05) is 24.3 Å². The SMILES string of the molecule is c1ccc2nn(CCCn3nc4ccccc4n3)nc2c1. The molecule has 0 spiro atoms. The van der Waals surface area contributed by atoms with Gasteiger partial charge in [0.1, 0.15) is 22.1 Å². The standard InChI is InChI=1S/C15H14N6/c1-2-7-13-12(6-1)16-20(17-13)10-5-11-21-18-14-8-3-4-9-15(14)19-21/h1-4,6-9H,5,10-11H2. The Bertz CT molecular complexity index is 751. The van der Waals surface area contributed by atoms with Crippen molar-refractivity contribution in [2.75, 3.05) is 0 Å². The van der Waals surface area contributed by atoms with Gasteiger partial charge in [0.25, 0.3) is 0 Å². The van der Waals surface area contributed by atoms with Crippen molar-refractivity contribution in [3.63, 3.8) is 0 Å². The van der Waals surface area contributed by atoms with E-state index in [0.29, 0.717) is 0 Å². The van der Waals surface area contributed by atoms with E-state index in [1.807, 2.05) is 48.5 Å².